The third-order valence-corrected chi connectivity index (χ3v) is 5.88. The maximum absolute atomic E-state index is 13.9. The summed E-state index contributed by atoms with van der Waals surface area (Å²) in [7, 11) is 0. The summed E-state index contributed by atoms with van der Waals surface area (Å²) < 4.78 is 19.3. The average Bonchev–Trinajstić information content (AvgIpc) is 3.11. The number of nitrogens with one attached hydrogen (secondary N) is 1. The Balaban J connectivity index is 1.52. The van der Waals surface area contributed by atoms with Gasteiger partial charge in [-0.15, -0.1) is 0 Å². The number of nitriles is 1. The topological polar surface area (TPSA) is 81.1 Å². The zero-order valence-electron chi connectivity index (χ0n) is 15.5. The van der Waals surface area contributed by atoms with Crippen LogP contribution in [0, 0.1) is 17.1 Å². The Labute approximate surface area is 161 Å². The predicted octanol–water partition coefficient (Wildman–Crippen LogP) is 2.42. The molecule has 0 spiro atoms. The van der Waals surface area contributed by atoms with Gasteiger partial charge in [-0.3, -0.25) is 4.90 Å². The minimum Gasteiger partial charge on any atom is -0.379 e. The smallest absolute Gasteiger partial charge is 0.164 e. The van der Waals surface area contributed by atoms with E-state index in [9.17, 15) is 9.65 Å². The van der Waals surface area contributed by atoms with E-state index in [1.165, 1.54) is 12.3 Å². The number of hydrogen-bond donors (Lipinski definition) is 1. The molecule has 0 amide bonds. The summed E-state index contributed by atoms with van der Waals surface area (Å²) in [6, 6.07) is 4.24. The van der Waals surface area contributed by atoms with Gasteiger partial charge in [-0.05, 0) is 18.9 Å². The molecule has 0 unspecified atom stereocenters. The minimum atomic E-state index is -0.388. The van der Waals surface area contributed by atoms with Gasteiger partial charge in [-0.2, -0.15) is 5.26 Å². The molecule has 28 heavy (non-hydrogen) atoms. The lowest BCUT2D eigenvalue weighted by Crippen LogP contribution is -2.49. The van der Waals surface area contributed by atoms with Crippen LogP contribution in [0.25, 0.3) is 21.9 Å². The first-order valence-electron chi connectivity index (χ1n) is 9.67. The number of piperidine rings is 1. The van der Waals surface area contributed by atoms with Gasteiger partial charge in [0.15, 0.2) is 5.69 Å². The van der Waals surface area contributed by atoms with Crippen molar-refractivity contribution in [2.45, 2.75) is 18.9 Å². The molecule has 8 heteroatoms. The third-order valence-electron chi connectivity index (χ3n) is 5.88. The molecule has 2 saturated heterocycles. The Morgan fingerprint density at radius 2 is 1.93 bits per heavy atom. The van der Waals surface area contributed by atoms with Crippen molar-refractivity contribution in [3.63, 3.8) is 0 Å². The van der Waals surface area contributed by atoms with Gasteiger partial charge in [-0.25, -0.2) is 14.4 Å². The van der Waals surface area contributed by atoms with Crippen LogP contribution in [0.15, 0.2) is 18.5 Å². The van der Waals surface area contributed by atoms with Gasteiger partial charge in [0.25, 0.3) is 0 Å². The molecule has 0 saturated carbocycles. The zero-order chi connectivity index (χ0) is 19.1. The average molecular weight is 380 g/mol. The summed E-state index contributed by atoms with van der Waals surface area (Å²) in [5, 5.41) is 11.2. The largest absolute Gasteiger partial charge is 0.379 e. The molecule has 2 fully saturated rings. The van der Waals surface area contributed by atoms with Crippen LogP contribution in [-0.4, -0.2) is 65.3 Å². The number of aromatic nitrogens is 3. The maximum Gasteiger partial charge on any atom is 0.164 e. The van der Waals surface area contributed by atoms with E-state index in [-0.39, 0.29) is 5.82 Å². The molecule has 2 aliphatic heterocycles. The lowest BCUT2D eigenvalue weighted by molar-refractivity contribution is 0.0115. The number of nitrogens with zero attached hydrogens (tertiary/aromatic N) is 5. The summed E-state index contributed by atoms with van der Waals surface area (Å²) in [4.78, 5) is 16.4. The fourth-order valence-electron chi connectivity index (χ4n) is 4.51. The van der Waals surface area contributed by atoms with Crippen molar-refractivity contribution in [2.75, 3.05) is 44.3 Å². The van der Waals surface area contributed by atoms with E-state index < -0.39 is 0 Å². The number of H-pyrrole nitrogens is 1. The Morgan fingerprint density at radius 1 is 1.14 bits per heavy atom. The van der Waals surface area contributed by atoms with E-state index in [0.29, 0.717) is 22.8 Å². The van der Waals surface area contributed by atoms with Gasteiger partial charge in [0.1, 0.15) is 17.5 Å². The molecule has 0 atom stereocenters. The first-order chi connectivity index (χ1) is 13.7. The predicted molar refractivity (Wildman–Crippen MR) is 104 cm³/mol. The number of rotatable bonds is 2. The molecule has 1 N–H and O–H groups in total. The van der Waals surface area contributed by atoms with Gasteiger partial charge in [0, 0.05) is 43.0 Å². The van der Waals surface area contributed by atoms with Crippen LogP contribution in [0.3, 0.4) is 0 Å². The fourth-order valence-corrected chi connectivity index (χ4v) is 4.51. The molecule has 0 bridgehead atoms. The number of aromatic amines is 1. The normalized spacial score (nSPS) is 19.4. The lowest BCUT2D eigenvalue weighted by atomic mass is 10.0. The van der Waals surface area contributed by atoms with Crippen molar-refractivity contribution in [1.29, 1.82) is 5.26 Å². The van der Waals surface area contributed by atoms with Crippen molar-refractivity contribution in [3.8, 4) is 6.07 Å². The number of ether oxygens (including phenoxy) is 1. The van der Waals surface area contributed by atoms with Crippen molar-refractivity contribution in [3.05, 3.63) is 30.0 Å². The van der Waals surface area contributed by atoms with E-state index in [1.807, 2.05) is 0 Å². The lowest BCUT2D eigenvalue weighted by Gasteiger charge is -2.41. The maximum atomic E-state index is 13.9. The van der Waals surface area contributed by atoms with Crippen molar-refractivity contribution in [1.82, 2.24) is 19.9 Å². The highest BCUT2D eigenvalue weighted by atomic mass is 19.1. The number of hydrogen-bond acceptors (Lipinski definition) is 6. The molecule has 0 aromatic carbocycles. The molecule has 3 aromatic heterocycles. The summed E-state index contributed by atoms with van der Waals surface area (Å²) in [6.07, 6.45) is 4.88. The molecule has 5 rings (SSSR count). The zero-order valence-corrected chi connectivity index (χ0v) is 15.5. The Kier molecular flexibility index (Phi) is 4.34. The second kappa shape index (κ2) is 7.00. The van der Waals surface area contributed by atoms with Gasteiger partial charge >= 0.3 is 0 Å². The molecule has 144 valence electrons. The highest BCUT2D eigenvalue weighted by Crippen LogP contribution is 2.36. The Morgan fingerprint density at radius 3 is 2.68 bits per heavy atom. The molecule has 0 aliphatic carbocycles. The van der Waals surface area contributed by atoms with Crippen LogP contribution in [0.5, 0.6) is 0 Å². The quantitative estimate of drug-likeness (QED) is 0.735. The molecule has 7 nitrogen and oxygen atoms in total. The third kappa shape index (κ3) is 2.87. The van der Waals surface area contributed by atoms with Gasteiger partial charge in [0.2, 0.25) is 0 Å². The standard InChI is InChI=1S/C20H21FN6O/c21-13-9-15-18-17(25-20(15)24-11-13)12-23-16(10-22)19(18)27-3-1-14(2-4-27)26-5-7-28-8-6-26/h9,11-12,14H,1-8H2,(H,24,25). The fraction of sp³-hybridized carbons (Fsp3) is 0.450. The summed E-state index contributed by atoms with van der Waals surface area (Å²) in [6.45, 7) is 5.25. The van der Waals surface area contributed by atoms with Gasteiger partial charge < -0.3 is 14.6 Å². The number of halogens is 1. The van der Waals surface area contributed by atoms with Crippen LogP contribution in [0.1, 0.15) is 18.5 Å². The molecule has 2 aliphatic rings. The number of pyridine rings is 2. The number of fused-ring (bicyclic) bond motifs is 3. The number of morpholine rings is 1. The first-order valence-corrected chi connectivity index (χ1v) is 9.67. The second-order valence-electron chi connectivity index (χ2n) is 7.40. The van der Waals surface area contributed by atoms with Crippen molar-refractivity contribution in [2.24, 2.45) is 0 Å². The molecular weight excluding hydrogens is 359 g/mol. The van der Waals surface area contributed by atoms with Gasteiger partial charge in [0.05, 0.1) is 36.8 Å². The van der Waals surface area contributed by atoms with Crippen molar-refractivity contribution < 1.29 is 9.13 Å². The molecule has 0 radical (unpaired) electrons. The molecule has 5 heterocycles. The SMILES string of the molecule is N#Cc1ncc2[nH]c3ncc(F)cc3c2c1N1CCC(N2CCOCC2)CC1. The van der Waals surface area contributed by atoms with Crippen LogP contribution >= 0.6 is 0 Å². The summed E-state index contributed by atoms with van der Waals surface area (Å²) >= 11 is 0. The Bertz CT molecular complexity index is 1060. The number of anilines is 1. The van der Waals surface area contributed by atoms with Crippen LogP contribution in [-0.2, 0) is 4.74 Å². The van der Waals surface area contributed by atoms with E-state index in [0.717, 1.165) is 68.8 Å². The minimum absolute atomic E-state index is 0.377. The van der Waals surface area contributed by atoms with Crippen molar-refractivity contribution >= 4 is 27.6 Å². The van der Waals surface area contributed by atoms with Crippen LogP contribution in [0.4, 0.5) is 10.1 Å². The molecule has 3 aromatic rings. The van der Waals surface area contributed by atoms with E-state index >= 15 is 0 Å². The van der Waals surface area contributed by atoms with Gasteiger partial charge in [-0.1, -0.05) is 0 Å². The summed E-state index contributed by atoms with van der Waals surface area (Å²) in [5.41, 5.74) is 2.55. The van der Waals surface area contributed by atoms with Crippen LogP contribution in [0.2, 0.25) is 0 Å². The van der Waals surface area contributed by atoms with Crippen LogP contribution < -0.4 is 4.90 Å². The highest BCUT2D eigenvalue weighted by Gasteiger charge is 2.28. The van der Waals surface area contributed by atoms with E-state index in [4.69, 9.17) is 4.74 Å². The highest BCUT2D eigenvalue weighted by molar-refractivity contribution is 6.13. The second-order valence-corrected chi connectivity index (χ2v) is 7.40. The van der Waals surface area contributed by atoms with E-state index in [1.54, 1.807) is 6.20 Å². The molecular formula is C20H21FN6O. The van der Waals surface area contributed by atoms with E-state index in [2.05, 4.69) is 30.8 Å². The first kappa shape index (κ1) is 17.3. The Hall–Kier alpha value is -2.76. The summed E-state index contributed by atoms with van der Waals surface area (Å²) in [5.74, 6) is -0.388. The monoisotopic (exact) mass is 380 g/mol.